The predicted molar refractivity (Wildman–Crippen MR) is 123 cm³/mol. The molecule has 4 rings (SSSR count). The third-order valence-corrected chi connectivity index (χ3v) is 6.93. The van der Waals surface area contributed by atoms with Gasteiger partial charge in [0.1, 0.15) is 0 Å². The minimum Gasteiger partial charge on any atom is -0.490 e. The van der Waals surface area contributed by atoms with Crippen LogP contribution < -0.4 is 24.4 Å². The second kappa shape index (κ2) is 10.9. The number of benzene rings is 2. The smallest absolute Gasteiger partial charge is 0.240 e. The van der Waals surface area contributed by atoms with Gasteiger partial charge in [0.25, 0.3) is 0 Å². The highest BCUT2D eigenvalue weighted by atomic mass is 32.2. The fourth-order valence-electron chi connectivity index (χ4n) is 3.63. The van der Waals surface area contributed by atoms with Gasteiger partial charge in [-0.15, -0.1) is 0 Å². The molecule has 2 aliphatic rings. The molecule has 0 atom stereocenters. The van der Waals surface area contributed by atoms with Crippen molar-refractivity contribution in [2.45, 2.75) is 24.3 Å². The summed E-state index contributed by atoms with van der Waals surface area (Å²) in [5.74, 6) is 0.713. The van der Waals surface area contributed by atoms with Crippen LogP contribution in [0.1, 0.15) is 18.4 Å². The summed E-state index contributed by atoms with van der Waals surface area (Å²) in [5, 5.41) is 2.83. The number of nitrogens with zero attached hydrogens (tertiary/aromatic N) is 1. The van der Waals surface area contributed by atoms with E-state index in [4.69, 9.17) is 14.2 Å². The molecule has 0 unspecified atom stereocenters. The van der Waals surface area contributed by atoms with Crippen LogP contribution in [-0.4, -0.2) is 60.4 Å². The number of nitrogens with one attached hydrogen (secondary N) is 2. The van der Waals surface area contributed by atoms with Crippen molar-refractivity contribution in [1.82, 2.24) is 10.0 Å². The van der Waals surface area contributed by atoms with Crippen molar-refractivity contribution in [3.63, 3.8) is 0 Å². The van der Waals surface area contributed by atoms with Crippen molar-refractivity contribution in [3.05, 3.63) is 48.0 Å². The van der Waals surface area contributed by atoms with E-state index < -0.39 is 10.0 Å². The van der Waals surface area contributed by atoms with Gasteiger partial charge in [-0.2, -0.15) is 0 Å². The van der Waals surface area contributed by atoms with E-state index in [9.17, 15) is 13.2 Å². The lowest BCUT2D eigenvalue weighted by atomic mass is 10.2. The Kier molecular flexibility index (Phi) is 7.69. The number of rotatable bonds is 8. The van der Waals surface area contributed by atoms with Crippen molar-refractivity contribution in [1.29, 1.82) is 0 Å². The number of hydrogen-bond acceptors (Lipinski definition) is 7. The fourth-order valence-corrected chi connectivity index (χ4v) is 4.68. The molecule has 10 heteroatoms. The molecule has 0 radical (unpaired) electrons. The molecule has 2 aromatic carbocycles. The topological polar surface area (TPSA) is 106 Å². The quantitative estimate of drug-likeness (QED) is 0.598. The molecule has 0 bridgehead atoms. The zero-order valence-corrected chi connectivity index (χ0v) is 19.2. The van der Waals surface area contributed by atoms with Crippen LogP contribution in [-0.2, 0) is 26.1 Å². The molecule has 1 saturated heterocycles. The minimum atomic E-state index is -3.76. The molecule has 2 aromatic rings. The summed E-state index contributed by atoms with van der Waals surface area (Å²) in [6.07, 6.45) is 0.776. The van der Waals surface area contributed by atoms with Gasteiger partial charge in [0.05, 0.1) is 31.3 Å². The van der Waals surface area contributed by atoms with E-state index >= 15 is 0 Å². The Hall–Kier alpha value is -2.82. The van der Waals surface area contributed by atoms with Crippen LogP contribution in [0.4, 0.5) is 5.69 Å². The molecule has 2 aliphatic heterocycles. The standard InChI is InChI=1S/C23H29N3O6S/c27-23(24-17-18-2-4-19(5-3-18)26-10-14-30-15-11-26)8-9-25-33(28,29)20-6-7-21-22(16-20)32-13-1-12-31-21/h2-7,16,25H,1,8-15,17H2,(H,24,27). The maximum atomic E-state index is 12.6. The lowest BCUT2D eigenvalue weighted by Gasteiger charge is -2.28. The maximum absolute atomic E-state index is 12.6. The fraction of sp³-hybridized carbons (Fsp3) is 0.435. The largest absolute Gasteiger partial charge is 0.490 e. The summed E-state index contributed by atoms with van der Waals surface area (Å²) < 4.78 is 44.1. The van der Waals surface area contributed by atoms with Crippen LogP contribution in [0, 0.1) is 0 Å². The number of ether oxygens (including phenoxy) is 3. The number of morpholine rings is 1. The highest BCUT2D eigenvalue weighted by Gasteiger charge is 2.19. The Bertz CT molecular complexity index is 1050. The van der Waals surface area contributed by atoms with E-state index in [1.807, 2.05) is 24.3 Å². The van der Waals surface area contributed by atoms with Crippen LogP contribution >= 0.6 is 0 Å². The van der Waals surface area contributed by atoms with E-state index in [-0.39, 0.29) is 23.8 Å². The molecular formula is C23H29N3O6S. The zero-order chi connectivity index (χ0) is 23.1. The summed E-state index contributed by atoms with van der Waals surface area (Å²) in [7, 11) is -3.76. The van der Waals surface area contributed by atoms with Gasteiger partial charge in [-0.3, -0.25) is 4.79 Å². The SMILES string of the molecule is O=C(CCNS(=O)(=O)c1ccc2c(c1)OCCCO2)NCc1ccc(N2CCOCC2)cc1. The summed E-state index contributed by atoms with van der Waals surface area (Å²) in [4.78, 5) is 14.5. The lowest BCUT2D eigenvalue weighted by Crippen LogP contribution is -2.36. The third kappa shape index (κ3) is 6.37. The molecule has 0 spiro atoms. The van der Waals surface area contributed by atoms with E-state index in [1.54, 1.807) is 6.07 Å². The van der Waals surface area contributed by atoms with E-state index in [0.29, 0.717) is 31.3 Å². The van der Waals surface area contributed by atoms with Crippen molar-refractivity contribution >= 4 is 21.6 Å². The van der Waals surface area contributed by atoms with E-state index in [2.05, 4.69) is 14.9 Å². The van der Waals surface area contributed by atoms with Gasteiger partial charge >= 0.3 is 0 Å². The molecule has 2 heterocycles. The Morgan fingerprint density at radius 1 is 0.939 bits per heavy atom. The lowest BCUT2D eigenvalue weighted by molar-refractivity contribution is -0.121. The predicted octanol–water partition coefficient (Wildman–Crippen LogP) is 1.67. The highest BCUT2D eigenvalue weighted by Crippen LogP contribution is 2.31. The maximum Gasteiger partial charge on any atom is 0.240 e. The monoisotopic (exact) mass is 475 g/mol. The first kappa shape index (κ1) is 23.3. The van der Waals surface area contributed by atoms with Gasteiger partial charge in [-0.25, -0.2) is 13.1 Å². The molecule has 1 amide bonds. The Labute approximate surface area is 194 Å². The normalized spacial score (nSPS) is 16.2. The molecular weight excluding hydrogens is 446 g/mol. The number of fused-ring (bicyclic) bond motifs is 1. The molecule has 0 aliphatic carbocycles. The summed E-state index contributed by atoms with van der Waals surface area (Å²) in [5.41, 5.74) is 2.12. The number of sulfonamides is 1. The molecule has 178 valence electrons. The molecule has 9 nitrogen and oxygen atoms in total. The van der Waals surface area contributed by atoms with Crippen molar-refractivity contribution in [2.75, 3.05) is 51.0 Å². The van der Waals surface area contributed by atoms with Gasteiger partial charge in [0.15, 0.2) is 11.5 Å². The summed E-state index contributed by atoms with van der Waals surface area (Å²) in [6.45, 7) is 4.60. The Morgan fingerprint density at radius 3 is 2.42 bits per heavy atom. The van der Waals surface area contributed by atoms with Gasteiger partial charge in [-0.1, -0.05) is 12.1 Å². The van der Waals surface area contributed by atoms with Crippen LogP contribution in [0.5, 0.6) is 11.5 Å². The number of hydrogen-bond donors (Lipinski definition) is 2. The van der Waals surface area contributed by atoms with Crippen LogP contribution in [0.2, 0.25) is 0 Å². The van der Waals surface area contributed by atoms with Gasteiger partial charge < -0.3 is 24.4 Å². The average Bonchev–Trinajstić information content (AvgIpc) is 3.08. The third-order valence-electron chi connectivity index (χ3n) is 5.48. The first-order valence-electron chi connectivity index (χ1n) is 11.1. The van der Waals surface area contributed by atoms with Gasteiger partial charge in [0, 0.05) is 50.8 Å². The zero-order valence-electron chi connectivity index (χ0n) is 18.4. The molecule has 2 N–H and O–H groups in total. The molecule has 1 fully saturated rings. The molecule has 33 heavy (non-hydrogen) atoms. The van der Waals surface area contributed by atoms with Crippen molar-refractivity contribution in [2.24, 2.45) is 0 Å². The number of carbonyl (C=O) groups is 1. The van der Waals surface area contributed by atoms with Gasteiger partial charge in [-0.05, 0) is 29.8 Å². The summed E-state index contributed by atoms with van der Waals surface area (Å²) in [6, 6.07) is 12.6. The average molecular weight is 476 g/mol. The molecule has 0 saturated carbocycles. The molecule has 0 aromatic heterocycles. The number of carbonyl (C=O) groups excluding carboxylic acids is 1. The highest BCUT2D eigenvalue weighted by molar-refractivity contribution is 7.89. The minimum absolute atomic E-state index is 0.00141. The van der Waals surface area contributed by atoms with E-state index in [0.717, 1.165) is 44.0 Å². The van der Waals surface area contributed by atoms with Crippen molar-refractivity contribution in [3.8, 4) is 11.5 Å². The second-order valence-corrected chi connectivity index (χ2v) is 9.62. The Balaban J connectivity index is 1.22. The second-order valence-electron chi connectivity index (χ2n) is 7.85. The first-order valence-corrected chi connectivity index (χ1v) is 12.6. The number of amides is 1. The Morgan fingerprint density at radius 2 is 1.67 bits per heavy atom. The summed E-state index contributed by atoms with van der Waals surface area (Å²) >= 11 is 0. The van der Waals surface area contributed by atoms with Crippen molar-refractivity contribution < 1.29 is 27.4 Å². The van der Waals surface area contributed by atoms with Crippen LogP contribution in [0.3, 0.4) is 0 Å². The van der Waals surface area contributed by atoms with E-state index in [1.165, 1.54) is 12.1 Å². The first-order chi connectivity index (χ1) is 16.0. The van der Waals surface area contributed by atoms with Crippen LogP contribution in [0.15, 0.2) is 47.4 Å². The number of anilines is 1. The van der Waals surface area contributed by atoms with Gasteiger partial charge in [0.2, 0.25) is 15.9 Å². The van der Waals surface area contributed by atoms with Crippen LogP contribution in [0.25, 0.3) is 0 Å².